The number of benzene rings is 6. The molecule has 6 aromatic rings. The number of aliphatic carboxylic acids is 1. The summed E-state index contributed by atoms with van der Waals surface area (Å²) >= 11 is 0. The molecular weight excluding hydrogens is 701 g/mol. The minimum absolute atomic E-state index is 0.0501. The summed E-state index contributed by atoms with van der Waals surface area (Å²) in [7, 11) is 3.30. The lowest BCUT2D eigenvalue weighted by Crippen LogP contribution is -2.10. The van der Waals surface area contributed by atoms with Crippen molar-refractivity contribution in [3.63, 3.8) is 0 Å². The molecule has 0 bridgehead atoms. The SMILES string of the molecule is [C-]#[N+]/C(=C\c1ccc(N(c2ccc(/C=C(\C#N)C(=O)O)cc2)c2ccc(-c3ccc(N(c4ccc(OC)cc4)c4ccc(OC)cc4)cc3)cc2)cc1)C(=C)O. The zero-order valence-electron chi connectivity index (χ0n) is 30.6. The number of hydrogen-bond acceptors (Lipinski definition) is 7. The van der Waals surface area contributed by atoms with E-state index in [-0.39, 0.29) is 17.0 Å². The molecule has 274 valence electrons. The Labute approximate surface area is 325 Å². The number of aliphatic hydroxyl groups is 1. The first-order valence-electron chi connectivity index (χ1n) is 17.3. The number of ether oxygens (including phenoxy) is 2. The largest absolute Gasteiger partial charge is 0.520 e. The maximum absolute atomic E-state index is 11.4. The minimum Gasteiger partial charge on any atom is -0.520 e. The molecule has 0 aliphatic carbocycles. The molecule has 9 heteroatoms. The van der Waals surface area contributed by atoms with Gasteiger partial charge in [0.1, 0.15) is 28.9 Å². The van der Waals surface area contributed by atoms with Crippen molar-refractivity contribution in [3.05, 3.63) is 192 Å². The Balaban J connectivity index is 1.33. The molecule has 0 saturated carbocycles. The molecule has 0 heterocycles. The Kier molecular flexibility index (Phi) is 11.6. The van der Waals surface area contributed by atoms with E-state index in [4.69, 9.17) is 16.0 Å². The van der Waals surface area contributed by atoms with E-state index in [0.717, 1.165) is 56.8 Å². The molecule has 9 nitrogen and oxygen atoms in total. The van der Waals surface area contributed by atoms with Gasteiger partial charge in [-0.15, -0.1) is 0 Å². The number of methoxy groups -OCH3 is 2. The average molecular weight is 737 g/mol. The molecule has 0 amide bonds. The fourth-order valence-electron chi connectivity index (χ4n) is 6.05. The number of rotatable bonds is 13. The van der Waals surface area contributed by atoms with Crippen LogP contribution in [0.4, 0.5) is 34.1 Å². The Hall–Kier alpha value is -8.01. The van der Waals surface area contributed by atoms with Gasteiger partial charge in [0.05, 0.1) is 20.8 Å². The van der Waals surface area contributed by atoms with Crippen molar-refractivity contribution in [1.29, 1.82) is 5.26 Å². The number of anilines is 6. The van der Waals surface area contributed by atoms with Crippen molar-refractivity contribution in [2.75, 3.05) is 24.0 Å². The normalized spacial score (nSPS) is 11.1. The van der Waals surface area contributed by atoms with Gasteiger partial charge in [-0.25, -0.2) is 9.64 Å². The van der Waals surface area contributed by atoms with Crippen LogP contribution in [0.1, 0.15) is 11.1 Å². The van der Waals surface area contributed by atoms with Gasteiger partial charge >= 0.3 is 5.97 Å². The van der Waals surface area contributed by atoms with E-state index in [2.05, 4.69) is 52.7 Å². The van der Waals surface area contributed by atoms with Crippen molar-refractivity contribution in [1.82, 2.24) is 0 Å². The van der Waals surface area contributed by atoms with E-state index < -0.39 is 5.97 Å². The number of carbonyl (C=O) groups is 1. The van der Waals surface area contributed by atoms with Crippen molar-refractivity contribution in [3.8, 4) is 28.7 Å². The summed E-state index contributed by atoms with van der Waals surface area (Å²) < 4.78 is 10.8. The summed E-state index contributed by atoms with van der Waals surface area (Å²) in [6, 6.07) is 48.8. The summed E-state index contributed by atoms with van der Waals surface area (Å²) in [6.45, 7) is 10.8. The van der Waals surface area contributed by atoms with Gasteiger partial charge in [-0.2, -0.15) is 5.26 Å². The van der Waals surface area contributed by atoms with Crippen LogP contribution in [0.5, 0.6) is 11.5 Å². The standard InChI is InChI=1S/C47H36N4O5/c1-32(52)46(49-2)30-34-7-15-39(16-8-34)50(38-13-5-33(6-14-38)29-37(31-48)47(53)54)40-17-9-35(10-18-40)36-11-19-41(20-12-36)51(42-21-25-44(55-3)26-22-42)43-23-27-45(56-4)28-24-43/h5-30,52H,1H2,3-4H3,(H,53,54)/b37-29+,46-30-. The van der Waals surface area contributed by atoms with Gasteiger partial charge in [-0.05, 0) is 131 Å². The second-order valence-corrected chi connectivity index (χ2v) is 12.4. The number of carboxylic acid groups (broad SMARTS) is 1. The van der Waals surface area contributed by atoms with Gasteiger partial charge in [0, 0.05) is 34.1 Å². The summed E-state index contributed by atoms with van der Waals surface area (Å²) in [6.07, 6.45) is 2.89. The summed E-state index contributed by atoms with van der Waals surface area (Å²) in [5.74, 6) is -0.0494. The maximum atomic E-state index is 11.4. The Morgan fingerprint density at radius 2 is 0.929 bits per heavy atom. The quantitative estimate of drug-likeness (QED) is 0.0396. The molecule has 0 aliphatic heterocycles. The average Bonchev–Trinajstić information content (AvgIpc) is 3.24. The van der Waals surface area contributed by atoms with Crippen LogP contribution in [0.2, 0.25) is 0 Å². The molecule has 0 saturated heterocycles. The molecule has 0 spiro atoms. The highest BCUT2D eigenvalue weighted by Crippen LogP contribution is 2.39. The van der Waals surface area contributed by atoms with E-state index in [1.54, 1.807) is 38.5 Å². The number of hydrogen-bond donors (Lipinski definition) is 2. The summed E-state index contributed by atoms with van der Waals surface area (Å²) in [5, 5.41) is 28.3. The Morgan fingerprint density at radius 3 is 1.21 bits per heavy atom. The van der Waals surface area contributed by atoms with Gasteiger partial charge in [-0.1, -0.05) is 55.1 Å². The van der Waals surface area contributed by atoms with Crippen LogP contribution in [0.15, 0.2) is 169 Å². The molecule has 56 heavy (non-hydrogen) atoms. The zero-order valence-corrected chi connectivity index (χ0v) is 30.6. The van der Waals surface area contributed by atoms with Crippen LogP contribution < -0.4 is 19.3 Å². The molecular formula is C47H36N4O5. The molecule has 2 N–H and O–H groups in total. The maximum Gasteiger partial charge on any atom is 0.346 e. The van der Waals surface area contributed by atoms with Crippen LogP contribution in [0.3, 0.4) is 0 Å². The number of nitrogens with zero attached hydrogens (tertiary/aromatic N) is 4. The monoisotopic (exact) mass is 736 g/mol. The third-order valence-corrected chi connectivity index (χ3v) is 8.93. The van der Waals surface area contributed by atoms with E-state index in [1.807, 2.05) is 102 Å². The molecule has 0 unspecified atom stereocenters. The van der Waals surface area contributed by atoms with Gasteiger partial charge in [0.25, 0.3) is 0 Å². The fraction of sp³-hybridized carbons (Fsp3) is 0.0426. The molecule has 6 aromatic carbocycles. The van der Waals surface area contributed by atoms with Crippen LogP contribution >= 0.6 is 0 Å². The van der Waals surface area contributed by atoms with Gasteiger partial charge in [-0.3, -0.25) is 0 Å². The Morgan fingerprint density at radius 1 is 0.607 bits per heavy atom. The number of nitriles is 1. The second-order valence-electron chi connectivity index (χ2n) is 12.4. The van der Waals surface area contributed by atoms with Gasteiger partial charge in [0.2, 0.25) is 5.70 Å². The van der Waals surface area contributed by atoms with Crippen molar-refractivity contribution < 1.29 is 24.5 Å². The van der Waals surface area contributed by atoms with E-state index >= 15 is 0 Å². The van der Waals surface area contributed by atoms with E-state index in [1.165, 1.54) is 6.08 Å². The molecule has 0 radical (unpaired) electrons. The summed E-state index contributed by atoms with van der Waals surface area (Å²) in [5.41, 5.74) is 8.38. The fourth-order valence-corrected chi connectivity index (χ4v) is 6.05. The summed E-state index contributed by atoms with van der Waals surface area (Å²) in [4.78, 5) is 19.0. The smallest absolute Gasteiger partial charge is 0.346 e. The first-order valence-corrected chi connectivity index (χ1v) is 17.3. The first kappa shape index (κ1) is 37.7. The molecule has 0 fully saturated rings. The van der Waals surface area contributed by atoms with E-state index in [0.29, 0.717) is 11.1 Å². The number of carboxylic acids is 1. The molecule has 0 aliphatic rings. The van der Waals surface area contributed by atoms with Crippen LogP contribution in [-0.4, -0.2) is 30.4 Å². The minimum atomic E-state index is -1.29. The van der Waals surface area contributed by atoms with Gasteiger partial charge in [0.15, 0.2) is 0 Å². The van der Waals surface area contributed by atoms with Crippen LogP contribution in [-0.2, 0) is 4.79 Å². The lowest BCUT2D eigenvalue weighted by atomic mass is 10.0. The lowest BCUT2D eigenvalue weighted by Gasteiger charge is -2.26. The van der Waals surface area contributed by atoms with Crippen LogP contribution in [0, 0.1) is 17.9 Å². The molecule has 0 atom stereocenters. The first-order chi connectivity index (χ1) is 27.2. The third kappa shape index (κ3) is 8.61. The van der Waals surface area contributed by atoms with Crippen molar-refractivity contribution >= 4 is 52.2 Å². The zero-order chi connectivity index (χ0) is 39.6. The van der Waals surface area contributed by atoms with Crippen LogP contribution in [0.25, 0.3) is 28.1 Å². The second kappa shape index (κ2) is 17.2. The van der Waals surface area contributed by atoms with E-state index in [9.17, 15) is 20.3 Å². The van der Waals surface area contributed by atoms with Crippen molar-refractivity contribution in [2.45, 2.75) is 0 Å². The molecule has 6 rings (SSSR count). The third-order valence-electron chi connectivity index (χ3n) is 8.93. The highest BCUT2D eigenvalue weighted by atomic mass is 16.5. The highest BCUT2D eigenvalue weighted by molar-refractivity contribution is 5.96. The van der Waals surface area contributed by atoms with Gasteiger partial charge < -0.3 is 29.5 Å². The Bertz CT molecular complexity index is 2340. The lowest BCUT2D eigenvalue weighted by molar-refractivity contribution is -0.132. The topological polar surface area (TPSA) is 111 Å². The predicted molar refractivity (Wildman–Crippen MR) is 222 cm³/mol. The van der Waals surface area contributed by atoms with Crippen molar-refractivity contribution in [2.24, 2.45) is 0 Å². The molecule has 0 aromatic heterocycles. The predicted octanol–water partition coefficient (Wildman–Crippen LogP) is 11.6. The number of aliphatic hydroxyl groups excluding tert-OH is 1. The highest BCUT2D eigenvalue weighted by Gasteiger charge is 2.16.